The number of carbonyl (C=O) groups excluding carboxylic acids is 3. The van der Waals surface area contributed by atoms with Crippen LogP contribution in [0.5, 0.6) is 0 Å². The highest BCUT2D eigenvalue weighted by Gasteiger charge is 2.54. The van der Waals surface area contributed by atoms with Gasteiger partial charge in [0.25, 0.3) is 0 Å². The Kier molecular flexibility index (Phi) is 6.40. The molecular weight excluding hydrogens is 378 g/mol. The van der Waals surface area contributed by atoms with Crippen LogP contribution in [0.25, 0.3) is 0 Å². The summed E-state index contributed by atoms with van der Waals surface area (Å²) in [6.45, 7) is 4.28. The zero-order valence-electron chi connectivity index (χ0n) is 18.8. The number of amides is 3. The van der Waals surface area contributed by atoms with Crippen molar-refractivity contribution in [2.24, 2.45) is 29.1 Å². The van der Waals surface area contributed by atoms with E-state index in [0.29, 0.717) is 13.1 Å². The predicted octanol–water partition coefficient (Wildman–Crippen LogP) is 2.82. The van der Waals surface area contributed by atoms with Gasteiger partial charge >= 0.3 is 0 Å². The summed E-state index contributed by atoms with van der Waals surface area (Å²) in [4.78, 5) is 42.0. The third-order valence-corrected chi connectivity index (χ3v) is 8.34. The predicted molar refractivity (Wildman–Crippen MR) is 115 cm³/mol. The van der Waals surface area contributed by atoms with Crippen LogP contribution in [0.3, 0.4) is 0 Å². The maximum atomic E-state index is 13.1. The van der Waals surface area contributed by atoms with Gasteiger partial charge in [0.15, 0.2) is 0 Å². The number of piperidine rings is 1. The second-order valence-corrected chi connectivity index (χ2v) is 10.6. The lowest BCUT2D eigenvalue weighted by Crippen LogP contribution is -2.55. The molecule has 5 fully saturated rings. The summed E-state index contributed by atoms with van der Waals surface area (Å²) < 4.78 is 0. The molecule has 0 aromatic heterocycles. The molecule has 0 atom stereocenters. The summed E-state index contributed by atoms with van der Waals surface area (Å²) in [5.74, 6) is 2.54. The van der Waals surface area contributed by atoms with E-state index in [1.807, 2.05) is 16.8 Å². The summed E-state index contributed by atoms with van der Waals surface area (Å²) in [6, 6.07) is 0. The molecule has 0 aromatic rings. The molecule has 4 bridgehead atoms. The van der Waals surface area contributed by atoms with Crippen molar-refractivity contribution in [2.75, 3.05) is 33.2 Å². The molecule has 4 aliphatic carbocycles. The summed E-state index contributed by atoms with van der Waals surface area (Å²) >= 11 is 0. The lowest BCUT2D eigenvalue weighted by molar-refractivity contribution is -0.148. The topological polar surface area (TPSA) is 69.7 Å². The van der Waals surface area contributed by atoms with Crippen molar-refractivity contribution in [3.05, 3.63) is 0 Å². The SMILES string of the molecule is CCCCN(C)C(=O)C1CCN(C(=O)CNC(=O)C23CC4CC(CC(C4)C2)C3)CC1. The van der Waals surface area contributed by atoms with Crippen molar-refractivity contribution < 1.29 is 14.4 Å². The zero-order chi connectivity index (χ0) is 21.3. The fourth-order valence-corrected chi connectivity index (χ4v) is 7.04. The van der Waals surface area contributed by atoms with E-state index >= 15 is 0 Å². The highest BCUT2D eigenvalue weighted by molar-refractivity contribution is 5.88. The number of rotatable bonds is 7. The molecule has 5 rings (SSSR count). The molecule has 168 valence electrons. The van der Waals surface area contributed by atoms with Crippen molar-refractivity contribution in [3.63, 3.8) is 0 Å². The molecule has 0 radical (unpaired) electrons. The lowest BCUT2D eigenvalue weighted by atomic mass is 9.49. The minimum Gasteiger partial charge on any atom is -0.347 e. The van der Waals surface area contributed by atoms with Crippen LogP contribution in [0, 0.1) is 29.1 Å². The fraction of sp³-hybridized carbons (Fsp3) is 0.875. The molecule has 30 heavy (non-hydrogen) atoms. The molecule has 0 spiro atoms. The normalized spacial score (nSPS) is 32.9. The number of nitrogens with zero attached hydrogens (tertiary/aromatic N) is 2. The van der Waals surface area contributed by atoms with Crippen LogP contribution in [0.4, 0.5) is 0 Å². The summed E-state index contributed by atoms with van der Waals surface area (Å²) in [7, 11) is 1.88. The van der Waals surface area contributed by atoms with Gasteiger partial charge in [0.2, 0.25) is 17.7 Å². The van der Waals surface area contributed by atoms with Crippen LogP contribution < -0.4 is 5.32 Å². The zero-order valence-corrected chi connectivity index (χ0v) is 18.8. The third-order valence-electron chi connectivity index (χ3n) is 8.34. The van der Waals surface area contributed by atoms with Gasteiger partial charge in [-0.15, -0.1) is 0 Å². The number of hydrogen-bond donors (Lipinski definition) is 1. The Labute approximate surface area is 181 Å². The van der Waals surface area contributed by atoms with Crippen molar-refractivity contribution in [3.8, 4) is 0 Å². The lowest BCUT2D eigenvalue weighted by Gasteiger charge is -2.55. The van der Waals surface area contributed by atoms with E-state index in [1.165, 1.54) is 19.3 Å². The third kappa shape index (κ3) is 4.38. The van der Waals surface area contributed by atoms with Gasteiger partial charge in [-0.05, 0) is 75.5 Å². The Morgan fingerprint density at radius 3 is 2.10 bits per heavy atom. The van der Waals surface area contributed by atoms with Gasteiger partial charge in [-0.3, -0.25) is 14.4 Å². The maximum Gasteiger partial charge on any atom is 0.241 e. The molecule has 1 N–H and O–H groups in total. The molecule has 1 saturated heterocycles. The minimum absolute atomic E-state index is 0.00156. The van der Waals surface area contributed by atoms with E-state index in [9.17, 15) is 14.4 Å². The maximum absolute atomic E-state index is 13.1. The van der Waals surface area contributed by atoms with Crippen LogP contribution in [-0.4, -0.2) is 60.7 Å². The number of carbonyl (C=O) groups is 3. The Morgan fingerprint density at radius 1 is 1.00 bits per heavy atom. The first-order valence-corrected chi connectivity index (χ1v) is 12.2. The number of unbranched alkanes of at least 4 members (excludes halogenated alkanes) is 1. The molecule has 6 heteroatoms. The highest BCUT2D eigenvalue weighted by Crippen LogP contribution is 2.60. The Balaban J connectivity index is 1.22. The van der Waals surface area contributed by atoms with Crippen LogP contribution in [0.15, 0.2) is 0 Å². The van der Waals surface area contributed by atoms with Gasteiger partial charge in [-0.1, -0.05) is 13.3 Å². The molecular formula is C24H39N3O3. The van der Waals surface area contributed by atoms with Gasteiger partial charge in [-0.25, -0.2) is 0 Å². The summed E-state index contributed by atoms with van der Waals surface area (Å²) in [6.07, 6.45) is 10.6. The highest BCUT2D eigenvalue weighted by atomic mass is 16.2. The average molecular weight is 418 g/mol. The second-order valence-electron chi connectivity index (χ2n) is 10.6. The average Bonchev–Trinajstić information content (AvgIpc) is 2.74. The number of nitrogens with one attached hydrogen (secondary N) is 1. The second kappa shape index (κ2) is 8.88. The summed E-state index contributed by atoms with van der Waals surface area (Å²) in [5.41, 5.74) is -0.197. The number of hydrogen-bond acceptors (Lipinski definition) is 3. The van der Waals surface area contributed by atoms with Gasteiger partial charge in [0.1, 0.15) is 0 Å². The summed E-state index contributed by atoms with van der Waals surface area (Å²) in [5, 5.41) is 3.01. The molecule has 4 saturated carbocycles. The Morgan fingerprint density at radius 2 is 1.57 bits per heavy atom. The standard InChI is InChI=1S/C24H39N3O3/c1-3-4-7-26(2)22(29)20-5-8-27(9-6-20)21(28)16-25-23(30)24-13-17-10-18(14-24)12-19(11-17)15-24/h17-20H,3-16H2,1-2H3,(H,25,30). The Hall–Kier alpha value is -1.59. The van der Waals surface area contributed by atoms with Crippen molar-refractivity contribution in [2.45, 2.75) is 71.1 Å². The van der Waals surface area contributed by atoms with Crippen LogP contribution in [-0.2, 0) is 14.4 Å². The van der Waals surface area contributed by atoms with Gasteiger partial charge in [-0.2, -0.15) is 0 Å². The molecule has 1 aliphatic heterocycles. The van der Waals surface area contributed by atoms with Crippen molar-refractivity contribution in [1.82, 2.24) is 15.1 Å². The van der Waals surface area contributed by atoms with E-state index in [4.69, 9.17) is 0 Å². The van der Waals surface area contributed by atoms with E-state index in [0.717, 1.165) is 69.2 Å². The van der Waals surface area contributed by atoms with E-state index in [1.54, 1.807) is 0 Å². The van der Waals surface area contributed by atoms with E-state index < -0.39 is 0 Å². The number of likely N-dealkylation sites (tertiary alicyclic amines) is 1. The first-order valence-electron chi connectivity index (χ1n) is 12.2. The van der Waals surface area contributed by atoms with E-state index in [2.05, 4.69) is 12.2 Å². The van der Waals surface area contributed by atoms with E-state index in [-0.39, 0.29) is 35.6 Å². The first kappa shape index (κ1) is 21.6. The Bertz CT molecular complexity index is 633. The smallest absolute Gasteiger partial charge is 0.241 e. The van der Waals surface area contributed by atoms with Crippen molar-refractivity contribution in [1.29, 1.82) is 0 Å². The fourth-order valence-electron chi connectivity index (χ4n) is 7.04. The molecule has 1 heterocycles. The first-order chi connectivity index (χ1) is 14.4. The van der Waals surface area contributed by atoms with Crippen molar-refractivity contribution >= 4 is 17.7 Å². The quantitative estimate of drug-likeness (QED) is 0.692. The molecule has 6 nitrogen and oxygen atoms in total. The van der Waals surface area contributed by atoms with Crippen LogP contribution in [0.2, 0.25) is 0 Å². The molecule has 0 aromatic carbocycles. The molecule has 0 unspecified atom stereocenters. The molecule has 5 aliphatic rings. The monoisotopic (exact) mass is 417 g/mol. The van der Waals surface area contributed by atoms with Crippen LogP contribution >= 0.6 is 0 Å². The molecule has 3 amide bonds. The largest absolute Gasteiger partial charge is 0.347 e. The van der Waals surface area contributed by atoms with Crippen LogP contribution in [0.1, 0.15) is 71.1 Å². The minimum atomic E-state index is -0.197. The van der Waals surface area contributed by atoms with Gasteiger partial charge in [0, 0.05) is 38.0 Å². The van der Waals surface area contributed by atoms with Gasteiger partial charge < -0.3 is 15.1 Å². The van der Waals surface area contributed by atoms with Gasteiger partial charge in [0.05, 0.1) is 6.54 Å².